The molecule has 1 aromatic heterocycles. The number of rotatable bonds is 3. The molecule has 0 saturated carbocycles. The third kappa shape index (κ3) is 3.65. The summed E-state index contributed by atoms with van der Waals surface area (Å²) in [7, 11) is 0. The third-order valence-corrected chi connectivity index (χ3v) is 5.89. The van der Waals surface area contributed by atoms with Crippen molar-refractivity contribution in [1.29, 1.82) is 0 Å². The van der Waals surface area contributed by atoms with Gasteiger partial charge in [-0.3, -0.25) is 4.79 Å². The van der Waals surface area contributed by atoms with Crippen molar-refractivity contribution in [2.24, 2.45) is 0 Å². The molecule has 1 amide bonds. The molecule has 2 N–H and O–H groups in total. The zero-order chi connectivity index (χ0) is 20.5. The van der Waals surface area contributed by atoms with E-state index in [1.807, 2.05) is 29.2 Å². The predicted octanol–water partition coefficient (Wildman–Crippen LogP) is 2.03. The highest BCUT2D eigenvalue weighted by molar-refractivity contribution is 5.92. The van der Waals surface area contributed by atoms with E-state index in [0.717, 1.165) is 48.3 Å². The highest BCUT2D eigenvalue weighted by atomic mass is 16.7. The summed E-state index contributed by atoms with van der Waals surface area (Å²) in [5.74, 6) is 2.75. The van der Waals surface area contributed by atoms with E-state index in [-0.39, 0.29) is 12.7 Å². The molecule has 3 heterocycles. The molecule has 5 rings (SSSR count). The molecule has 8 nitrogen and oxygen atoms in total. The zero-order valence-corrected chi connectivity index (χ0v) is 16.8. The van der Waals surface area contributed by atoms with Gasteiger partial charge < -0.3 is 25.0 Å². The van der Waals surface area contributed by atoms with Crippen LogP contribution >= 0.6 is 0 Å². The van der Waals surface area contributed by atoms with Crippen molar-refractivity contribution in [3.8, 4) is 11.5 Å². The molecule has 0 bridgehead atoms. The summed E-state index contributed by atoms with van der Waals surface area (Å²) >= 11 is 0. The molecule has 1 aliphatic carbocycles. The van der Waals surface area contributed by atoms with Crippen LogP contribution in [0.1, 0.15) is 29.7 Å². The third-order valence-electron chi connectivity index (χ3n) is 5.89. The second kappa shape index (κ2) is 7.85. The molecule has 30 heavy (non-hydrogen) atoms. The number of carbonyl (C=O) groups is 1. The Labute approximate surface area is 175 Å². The fraction of sp³-hybridized carbons (Fsp3) is 0.409. The van der Waals surface area contributed by atoms with Gasteiger partial charge in [-0.2, -0.15) is 4.98 Å². The summed E-state index contributed by atoms with van der Waals surface area (Å²) in [5.41, 5.74) is 9.30. The summed E-state index contributed by atoms with van der Waals surface area (Å²) < 4.78 is 10.7. The van der Waals surface area contributed by atoms with E-state index in [9.17, 15) is 4.79 Å². The number of hydrogen-bond acceptors (Lipinski definition) is 7. The number of benzene rings is 1. The van der Waals surface area contributed by atoms with Gasteiger partial charge in [0.05, 0.1) is 5.69 Å². The first-order chi connectivity index (χ1) is 14.7. The van der Waals surface area contributed by atoms with E-state index in [1.54, 1.807) is 6.08 Å². The van der Waals surface area contributed by atoms with Crippen molar-refractivity contribution in [2.45, 2.75) is 25.7 Å². The van der Waals surface area contributed by atoms with Crippen LogP contribution in [0.15, 0.2) is 24.3 Å². The van der Waals surface area contributed by atoms with E-state index in [2.05, 4.69) is 9.88 Å². The van der Waals surface area contributed by atoms with Crippen LogP contribution in [-0.4, -0.2) is 53.7 Å². The Hall–Kier alpha value is -3.29. The number of fused-ring (bicyclic) bond motifs is 2. The maximum Gasteiger partial charge on any atom is 0.246 e. The highest BCUT2D eigenvalue weighted by Gasteiger charge is 2.24. The molecule has 1 aromatic carbocycles. The van der Waals surface area contributed by atoms with Crippen LogP contribution in [0.5, 0.6) is 11.5 Å². The van der Waals surface area contributed by atoms with Gasteiger partial charge >= 0.3 is 0 Å². The lowest BCUT2D eigenvalue weighted by atomic mass is 9.96. The molecule has 1 fully saturated rings. The smallest absolute Gasteiger partial charge is 0.246 e. The first-order valence-electron chi connectivity index (χ1n) is 10.4. The van der Waals surface area contributed by atoms with E-state index in [1.165, 1.54) is 0 Å². The number of carbonyl (C=O) groups excluding carboxylic acids is 1. The molecule has 2 aliphatic heterocycles. The number of nitrogens with zero attached hydrogens (tertiary/aromatic N) is 4. The van der Waals surface area contributed by atoms with Crippen LogP contribution in [0, 0.1) is 0 Å². The fourth-order valence-corrected chi connectivity index (χ4v) is 4.17. The minimum Gasteiger partial charge on any atom is -0.454 e. The van der Waals surface area contributed by atoms with Gasteiger partial charge in [-0.05, 0) is 49.5 Å². The lowest BCUT2D eigenvalue weighted by Gasteiger charge is -2.34. The van der Waals surface area contributed by atoms with Gasteiger partial charge in [-0.25, -0.2) is 4.98 Å². The number of nitrogens with two attached hydrogens (primary N) is 1. The monoisotopic (exact) mass is 407 g/mol. The van der Waals surface area contributed by atoms with E-state index in [0.29, 0.717) is 43.7 Å². The first kappa shape index (κ1) is 18.7. The molecule has 3 aliphatic rings. The largest absolute Gasteiger partial charge is 0.454 e. The fourth-order valence-electron chi connectivity index (χ4n) is 4.17. The molecule has 0 atom stereocenters. The number of piperazine rings is 1. The Bertz CT molecular complexity index is 999. The van der Waals surface area contributed by atoms with Gasteiger partial charge in [0, 0.05) is 37.8 Å². The summed E-state index contributed by atoms with van der Waals surface area (Å²) in [5, 5.41) is 0. The summed E-state index contributed by atoms with van der Waals surface area (Å²) in [4.78, 5) is 25.9. The average molecular weight is 407 g/mol. The second-order valence-corrected chi connectivity index (χ2v) is 7.80. The Morgan fingerprint density at radius 2 is 1.83 bits per heavy atom. The normalized spacial score (nSPS) is 18.0. The Balaban J connectivity index is 1.21. The Morgan fingerprint density at radius 1 is 1.03 bits per heavy atom. The van der Waals surface area contributed by atoms with Crippen molar-refractivity contribution in [1.82, 2.24) is 14.9 Å². The van der Waals surface area contributed by atoms with Crippen molar-refractivity contribution in [3.63, 3.8) is 0 Å². The number of hydrogen-bond donors (Lipinski definition) is 1. The van der Waals surface area contributed by atoms with Crippen LogP contribution in [0.2, 0.25) is 0 Å². The second-order valence-electron chi connectivity index (χ2n) is 7.80. The van der Waals surface area contributed by atoms with Gasteiger partial charge in [-0.1, -0.05) is 6.07 Å². The predicted molar refractivity (Wildman–Crippen MR) is 113 cm³/mol. The van der Waals surface area contributed by atoms with E-state index >= 15 is 0 Å². The standard InChI is InChI=1S/C22H25N5O3/c23-21-16-3-1-2-4-17(16)24-22(25-21)27-11-9-26(10-12-27)20(28)8-6-15-5-7-18-19(13-15)30-14-29-18/h5-8,13H,1-4,9-12,14H2,(H2,23,24,25)/b8-6+. The molecular weight excluding hydrogens is 382 g/mol. The summed E-state index contributed by atoms with van der Waals surface area (Å²) in [6, 6.07) is 5.64. The van der Waals surface area contributed by atoms with Gasteiger partial charge in [0.25, 0.3) is 0 Å². The lowest BCUT2D eigenvalue weighted by Crippen LogP contribution is -2.49. The molecule has 0 spiro atoms. The zero-order valence-electron chi connectivity index (χ0n) is 16.8. The quantitative estimate of drug-likeness (QED) is 0.778. The Kier molecular flexibility index (Phi) is 4.90. The minimum atomic E-state index is -0.00168. The number of aromatic nitrogens is 2. The Morgan fingerprint density at radius 3 is 2.70 bits per heavy atom. The number of amides is 1. The molecule has 1 saturated heterocycles. The van der Waals surface area contributed by atoms with Crippen molar-refractivity contribution >= 4 is 23.7 Å². The van der Waals surface area contributed by atoms with Gasteiger partial charge in [0.1, 0.15) is 5.82 Å². The maximum atomic E-state index is 12.6. The maximum absolute atomic E-state index is 12.6. The van der Waals surface area contributed by atoms with Crippen molar-refractivity contribution in [3.05, 3.63) is 41.1 Å². The van der Waals surface area contributed by atoms with Crippen molar-refractivity contribution < 1.29 is 14.3 Å². The van der Waals surface area contributed by atoms with E-state index in [4.69, 9.17) is 20.2 Å². The molecule has 0 radical (unpaired) electrons. The molecule has 156 valence electrons. The number of aryl methyl sites for hydroxylation is 1. The number of anilines is 2. The molecule has 8 heteroatoms. The summed E-state index contributed by atoms with van der Waals surface area (Å²) in [6.45, 7) is 2.89. The topological polar surface area (TPSA) is 93.8 Å². The minimum absolute atomic E-state index is 0.00168. The van der Waals surface area contributed by atoms with Crippen LogP contribution in [0.25, 0.3) is 6.08 Å². The van der Waals surface area contributed by atoms with E-state index < -0.39 is 0 Å². The lowest BCUT2D eigenvalue weighted by molar-refractivity contribution is -0.126. The molecule has 0 unspecified atom stereocenters. The van der Waals surface area contributed by atoms with Crippen LogP contribution in [-0.2, 0) is 17.6 Å². The molecule has 2 aromatic rings. The van der Waals surface area contributed by atoms with Crippen LogP contribution in [0.4, 0.5) is 11.8 Å². The average Bonchev–Trinajstić information content (AvgIpc) is 3.25. The summed E-state index contributed by atoms with van der Waals surface area (Å²) in [6.07, 6.45) is 7.67. The first-order valence-corrected chi connectivity index (χ1v) is 10.4. The van der Waals surface area contributed by atoms with Gasteiger partial charge in [0.15, 0.2) is 11.5 Å². The molecular formula is C22H25N5O3. The van der Waals surface area contributed by atoms with Crippen LogP contribution < -0.4 is 20.1 Å². The van der Waals surface area contributed by atoms with Crippen LogP contribution in [0.3, 0.4) is 0 Å². The number of nitrogen functional groups attached to an aromatic ring is 1. The van der Waals surface area contributed by atoms with Gasteiger partial charge in [0.2, 0.25) is 18.6 Å². The van der Waals surface area contributed by atoms with Gasteiger partial charge in [-0.15, -0.1) is 0 Å². The SMILES string of the molecule is Nc1nc(N2CCN(C(=O)/C=C/c3ccc4c(c3)OCO4)CC2)nc2c1CCCC2. The number of ether oxygens (including phenoxy) is 2. The highest BCUT2D eigenvalue weighted by Crippen LogP contribution is 2.32. The van der Waals surface area contributed by atoms with Crippen molar-refractivity contribution in [2.75, 3.05) is 43.6 Å².